The average molecular weight is 470 g/mol. The van der Waals surface area contributed by atoms with Crippen LogP contribution in [0.3, 0.4) is 0 Å². The second-order valence-corrected chi connectivity index (χ2v) is 8.72. The Hall–Kier alpha value is -4.04. The molecule has 3 heterocycles. The normalized spacial score (nSPS) is 15.7. The summed E-state index contributed by atoms with van der Waals surface area (Å²) in [5.41, 5.74) is 3.47. The van der Waals surface area contributed by atoms with Gasteiger partial charge in [-0.05, 0) is 43.3 Å². The van der Waals surface area contributed by atoms with E-state index in [0.717, 1.165) is 11.3 Å². The Morgan fingerprint density at radius 2 is 1.94 bits per heavy atom. The monoisotopic (exact) mass is 469 g/mol. The van der Waals surface area contributed by atoms with Crippen LogP contribution < -0.4 is 5.56 Å². The SMILES string of the molecule is CCN(CC(=O)N1N=C(c2ccc(C)cc2)C[C@H]1c1ccco1)Cc1nc2ccccc2c(=O)[nH]1. The Morgan fingerprint density at radius 3 is 2.69 bits per heavy atom. The van der Waals surface area contributed by atoms with Gasteiger partial charge in [0.15, 0.2) is 0 Å². The number of fused-ring (bicyclic) bond motifs is 1. The standard InChI is InChI=1S/C27H27N5O3/c1-3-31(16-25-28-21-8-5-4-7-20(21)27(34)29-25)17-26(33)32-23(24-9-6-14-35-24)15-22(30-32)19-12-10-18(2)11-13-19/h4-14,23H,3,15-17H2,1-2H3,(H,28,29,34)/t23-/m0/s1. The average Bonchev–Trinajstić information content (AvgIpc) is 3.54. The van der Waals surface area contributed by atoms with Gasteiger partial charge in [0, 0.05) is 6.42 Å². The third kappa shape index (κ3) is 4.79. The van der Waals surface area contributed by atoms with Crippen molar-refractivity contribution in [3.8, 4) is 0 Å². The Kier molecular flexibility index (Phi) is 6.29. The van der Waals surface area contributed by atoms with Crippen molar-refractivity contribution in [2.75, 3.05) is 13.1 Å². The number of carbonyl (C=O) groups excluding carboxylic acids is 1. The van der Waals surface area contributed by atoms with E-state index in [-0.39, 0.29) is 24.1 Å². The number of amides is 1. The smallest absolute Gasteiger partial charge is 0.258 e. The fraction of sp³-hybridized carbons (Fsp3) is 0.259. The van der Waals surface area contributed by atoms with Gasteiger partial charge >= 0.3 is 0 Å². The van der Waals surface area contributed by atoms with Gasteiger partial charge in [0.25, 0.3) is 11.5 Å². The predicted molar refractivity (Wildman–Crippen MR) is 134 cm³/mol. The third-order valence-electron chi connectivity index (χ3n) is 6.26. The van der Waals surface area contributed by atoms with Crippen molar-refractivity contribution in [1.29, 1.82) is 0 Å². The van der Waals surface area contributed by atoms with Crippen LogP contribution >= 0.6 is 0 Å². The third-order valence-corrected chi connectivity index (χ3v) is 6.26. The summed E-state index contributed by atoms with van der Waals surface area (Å²) >= 11 is 0. The molecule has 0 radical (unpaired) electrons. The van der Waals surface area contributed by atoms with E-state index in [4.69, 9.17) is 9.52 Å². The quantitative estimate of drug-likeness (QED) is 0.441. The second-order valence-electron chi connectivity index (χ2n) is 8.72. The summed E-state index contributed by atoms with van der Waals surface area (Å²) in [4.78, 5) is 35.3. The first-order valence-corrected chi connectivity index (χ1v) is 11.7. The summed E-state index contributed by atoms with van der Waals surface area (Å²) in [5, 5.41) is 6.80. The molecule has 0 saturated carbocycles. The van der Waals surface area contributed by atoms with Crippen LogP contribution in [0.25, 0.3) is 10.9 Å². The lowest BCUT2D eigenvalue weighted by molar-refractivity contribution is -0.134. The maximum Gasteiger partial charge on any atom is 0.258 e. The number of rotatable bonds is 7. The van der Waals surface area contributed by atoms with Crippen LogP contribution in [0, 0.1) is 6.92 Å². The fourth-order valence-electron chi connectivity index (χ4n) is 4.33. The van der Waals surface area contributed by atoms with E-state index >= 15 is 0 Å². The number of aromatic amines is 1. The molecule has 0 fully saturated rings. The van der Waals surface area contributed by atoms with Crippen LogP contribution in [0.5, 0.6) is 0 Å². The summed E-state index contributed by atoms with van der Waals surface area (Å²) < 4.78 is 5.65. The molecule has 1 amide bonds. The Morgan fingerprint density at radius 1 is 1.14 bits per heavy atom. The van der Waals surface area contributed by atoms with Crippen molar-refractivity contribution in [3.63, 3.8) is 0 Å². The van der Waals surface area contributed by atoms with Crippen molar-refractivity contribution in [2.45, 2.75) is 32.9 Å². The highest BCUT2D eigenvalue weighted by Crippen LogP contribution is 2.33. The molecule has 2 aromatic heterocycles. The number of nitrogens with zero attached hydrogens (tertiary/aromatic N) is 4. The van der Waals surface area contributed by atoms with Crippen LogP contribution in [0.1, 0.15) is 42.1 Å². The minimum absolute atomic E-state index is 0.134. The largest absolute Gasteiger partial charge is 0.467 e. The summed E-state index contributed by atoms with van der Waals surface area (Å²) in [7, 11) is 0. The molecule has 0 saturated heterocycles. The molecule has 0 bridgehead atoms. The molecule has 1 N–H and O–H groups in total. The second kappa shape index (κ2) is 9.68. The Labute approximate surface area is 202 Å². The van der Waals surface area contributed by atoms with Gasteiger partial charge in [-0.3, -0.25) is 14.5 Å². The highest BCUT2D eigenvalue weighted by molar-refractivity contribution is 6.03. The van der Waals surface area contributed by atoms with Gasteiger partial charge in [-0.2, -0.15) is 5.10 Å². The van der Waals surface area contributed by atoms with Crippen molar-refractivity contribution in [1.82, 2.24) is 19.9 Å². The van der Waals surface area contributed by atoms with Gasteiger partial charge in [0.05, 0.1) is 36.0 Å². The van der Waals surface area contributed by atoms with Gasteiger partial charge in [0.2, 0.25) is 0 Å². The molecule has 8 heteroatoms. The zero-order chi connectivity index (χ0) is 24.4. The number of hydrogen-bond donors (Lipinski definition) is 1. The minimum atomic E-state index is -0.300. The highest BCUT2D eigenvalue weighted by atomic mass is 16.3. The number of benzene rings is 2. The molecule has 4 aromatic rings. The van der Waals surface area contributed by atoms with Crippen LogP contribution in [0.4, 0.5) is 0 Å². The highest BCUT2D eigenvalue weighted by Gasteiger charge is 2.35. The molecular weight excluding hydrogens is 442 g/mol. The molecule has 1 atom stereocenters. The van der Waals surface area contributed by atoms with Crippen molar-refractivity contribution in [2.24, 2.45) is 5.10 Å². The van der Waals surface area contributed by atoms with Gasteiger partial charge in [0.1, 0.15) is 17.6 Å². The first-order valence-electron chi connectivity index (χ1n) is 11.7. The number of carbonyl (C=O) groups is 1. The number of aryl methyl sites for hydroxylation is 1. The number of nitrogens with one attached hydrogen (secondary N) is 1. The van der Waals surface area contributed by atoms with Crippen LogP contribution in [0.15, 0.2) is 81.2 Å². The summed E-state index contributed by atoms with van der Waals surface area (Å²) in [6, 6.07) is 18.8. The van der Waals surface area contributed by atoms with E-state index in [9.17, 15) is 9.59 Å². The van der Waals surface area contributed by atoms with Gasteiger partial charge in [-0.15, -0.1) is 0 Å². The molecule has 8 nitrogen and oxygen atoms in total. The van der Waals surface area contributed by atoms with Crippen molar-refractivity contribution >= 4 is 22.5 Å². The molecular formula is C27H27N5O3. The zero-order valence-corrected chi connectivity index (χ0v) is 19.8. The van der Waals surface area contributed by atoms with E-state index in [0.29, 0.717) is 42.0 Å². The van der Waals surface area contributed by atoms with E-state index < -0.39 is 0 Å². The first-order chi connectivity index (χ1) is 17.0. The summed E-state index contributed by atoms with van der Waals surface area (Å²) in [6.07, 6.45) is 2.19. The molecule has 35 heavy (non-hydrogen) atoms. The topological polar surface area (TPSA) is 94.8 Å². The van der Waals surface area contributed by atoms with Gasteiger partial charge < -0.3 is 9.40 Å². The minimum Gasteiger partial charge on any atom is -0.467 e. The fourth-order valence-corrected chi connectivity index (χ4v) is 4.33. The van der Waals surface area contributed by atoms with Gasteiger partial charge in [-0.1, -0.05) is 48.9 Å². The van der Waals surface area contributed by atoms with E-state index in [1.807, 2.05) is 73.3 Å². The molecule has 0 unspecified atom stereocenters. The van der Waals surface area contributed by atoms with E-state index in [1.54, 1.807) is 12.3 Å². The van der Waals surface area contributed by atoms with E-state index in [2.05, 4.69) is 9.97 Å². The lowest BCUT2D eigenvalue weighted by atomic mass is 10.0. The lowest BCUT2D eigenvalue weighted by Crippen LogP contribution is -2.38. The summed E-state index contributed by atoms with van der Waals surface area (Å²) in [6.45, 7) is 5.10. The van der Waals surface area contributed by atoms with Crippen LogP contribution in [-0.2, 0) is 11.3 Å². The number of H-pyrrole nitrogens is 1. The Bertz CT molecular complexity index is 1420. The lowest BCUT2D eigenvalue weighted by Gasteiger charge is -2.24. The molecule has 1 aliphatic rings. The maximum absolute atomic E-state index is 13.5. The molecule has 2 aromatic carbocycles. The number of para-hydroxylation sites is 1. The Balaban J connectivity index is 1.37. The molecule has 178 valence electrons. The predicted octanol–water partition coefficient (Wildman–Crippen LogP) is 4.02. The van der Waals surface area contributed by atoms with Crippen molar-refractivity contribution < 1.29 is 9.21 Å². The number of aromatic nitrogens is 2. The number of hydrogen-bond acceptors (Lipinski definition) is 6. The number of likely N-dealkylation sites (N-methyl/N-ethyl adjacent to an activating group) is 1. The maximum atomic E-state index is 13.5. The first kappa shape index (κ1) is 22.7. The molecule has 0 aliphatic carbocycles. The van der Waals surface area contributed by atoms with E-state index in [1.165, 1.54) is 10.6 Å². The summed E-state index contributed by atoms with van der Waals surface area (Å²) in [5.74, 6) is 1.09. The number of hydrazone groups is 1. The molecule has 1 aliphatic heterocycles. The molecule has 0 spiro atoms. The van der Waals surface area contributed by atoms with Gasteiger partial charge in [-0.25, -0.2) is 9.99 Å². The van der Waals surface area contributed by atoms with Crippen LogP contribution in [-0.4, -0.2) is 44.6 Å². The number of furan rings is 1. The van der Waals surface area contributed by atoms with Crippen molar-refractivity contribution in [3.05, 3.63) is 100.0 Å². The van der Waals surface area contributed by atoms with Crippen LogP contribution in [0.2, 0.25) is 0 Å². The zero-order valence-electron chi connectivity index (χ0n) is 19.8. The molecule has 5 rings (SSSR count).